The molecule has 1 aliphatic heterocycles. The first-order chi connectivity index (χ1) is 14.9. The Morgan fingerprint density at radius 2 is 1.74 bits per heavy atom. The standard InChI is InChI=1S/C23H37N5O3/c1-4-5-15-27-21-20(22(30)25-23(27)31)28(16-17(2)3)18(24-21)11-12-19(29)26-13-9-7-6-8-10-14-26/h17H,4-16H2,1-3H3,(H,25,30,31). The van der Waals surface area contributed by atoms with E-state index in [1.165, 1.54) is 19.3 Å². The number of likely N-dealkylation sites (tertiary alicyclic amines) is 1. The minimum Gasteiger partial charge on any atom is -0.343 e. The van der Waals surface area contributed by atoms with E-state index in [-0.39, 0.29) is 5.91 Å². The molecule has 0 saturated carbocycles. The first-order valence-electron chi connectivity index (χ1n) is 11.9. The average Bonchev–Trinajstić information content (AvgIpc) is 3.03. The van der Waals surface area contributed by atoms with E-state index in [1.807, 2.05) is 9.47 Å². The van der Waals surface area contributed by atoms with Crippen LogP contribution in [0.25, 0.3) is 11.2 Å². The Morgan fingerprint density at radius 3 is 2.39 bits per heavy atom. The fourth-order valence-corrected chi connectivity index (χ4v) is 4.37. The SMILES string of the molecule is CCCCn1c(=O)[nH]c(=O)c2c1nc(CCC(=O)N1CCCCCCC1)n2CC(C)C. The summed E-state index contributed by atoms with van der Waals surface area (Å²) in [7, 11) is 0. The summed E-state index contributed by atoms with van der Waals surface area (Å²) in [5.74, 6) is 1.17. The van der Waals surface area contributed by atoms with Crippen LogP contribution in [0.3, 0.4) is 0 Å². The molecule has 3 heterocycles. The van der Waals surface area contributed by atoms with Crippen molar-refractivity contribution in [1.82, 2.24) is 24.0 Å². The van der Waals surface area contributed by atoms with Gasteiger partial charge in [-0.05, 0) is 25.2 Å². The molecule has 2 aromatic rings. The summed E-state index contributed by atoms with van der Waals surface area (Å²) in [5, 5.41) is 0. The molecule has 1 saturated heterocycles. The van der Waals surface area contributed by atoms with Crippen molar-refractivity contribution in [2.75, 3.05) is 13.1 Å². The normalized spacial score (nSPS) is 15.4. The van der Waals surface area contributed by atoms with Crippen molar-refractivity contribution in [3.8, 4) is 0 Å². The maximum atomic E-state index is 12.9. The number of hydrogen-bond acceptors (Lipinski definition) is 4. The van der Waals surface area contributed by atoms with E-state index < -0.39 is 11.2 Å². The number of hydrogen-bond donors (Lipinski definition) is 1. The lowest BCUT2D eigenvalue weighted by molar-refractivity contribution is -0.131. The third-order valence-electron chi connectivity index (χ3n) is 6.02. The van der Waals surface area contributed by atoms with Crippen LogP contribution in [0.5, 0.6) is 0 Å². The smallest absolute Gasteiger partial charge is 0.330 e. The van der Waals surface area contributed by atoms with Crippen LogP contribution in [0.2, 0.25) is 0 Å². The summed E-state index contributed by atoms with van der Waals surface area (Å²) in [6.07, 6.45) is 8.38. The number of nitrogens with zero attached hydrogens (tertiary/aromatic N) is 4. The average molecular weight is 432 g/mol. The minimum absolute atomic E-state index is 0.155. The van der Waals surface area contributed by atoms with Gasteiger partial charge in [-0.15, -0.1) is 0 Å². The molecular formula is C23H37N5O3. The van der Waals surface area contributed by atoms with Gasteiger partial charge in [0.25, 0.3) is 5.56 Å². The molecule has 0 aromatic carbocycles. The van der Waals surface area contributed by atoms with Crippen molar-refractivity contribution < 1.29 is 4.79 Å². The van der Waals surface area contributed by atoms with Crippen molar-refractivity contribution in [3.63, 3.8) is 0 Å². The largest absolute Gasteiger partial charge is 0.343 e. The van der Waals surface area contributed by atoms with Gasteiger partial charge < -0.3 is 9.47 Å². The highest BCUT2D eigenvalue weighted by Crippen LogP contribution is 2.17. The maximum absolute atomic E-state index is 12.9. The van der Waals surface area contributed by atoms with Crippen molar-refractivity contribution in [2.45, 2.75) is 91.6 Å². The predicted molar refractivity (Wildman–Crippen MR) is 122 cm³/mol. The van der Waals surface area contributed by atoms with Crippen LogP contribution in [0, 0.1) is 5.92 Å². The van der Waals surface area contributed by atoms with E-state index in [2.05, 4.69) is 25.8 Å². The summed E-state index contributed by atoms with van der Waals surface area (Å²) in [6, 6.07) is 0. The van der Waals surface area contributed by atoms with Gasteiger partial charge in [0.05, 0.1) is 0 Å². The van der Waals surface area contributed by atoms with Crippen LogP contribution in [0.4, 0.5) is 0 Å². The molecule has 31 heavy (non-hydrogen) atoms. The van der Waals surface area contributed by atoms with Gasteiger partial charge in [-0.2, -0.15) is 0 Å². The minimum atomic E-state index is -0.414. The van der Waals surface area contributed by atoms with E-state index in [0.717, 1.165) is 38.8 Å². The van der Waals surface area contributed by atoms with Gasteiger partial charge in [0.2, 0.25) is 5.91 Å². The zero-order valence-electron chi connectivity index (χ0n) is 19.3. The van der Waals surface area contributed by atoms with Gasteiger partial charge in [0.1, 0.15) is 5.82 Å². The molecule has 2 aromatic heterocycles. The Balaban J connectivity index is 1.91. The number of carbonyl (C=O) groups is 1. The Kier molecular flexibility index (Phi) is 8.09. The number of unbranched alkanes of at least 4 members (excludes halogenated alkanes) is 1. The van der Waals surface area contributed by atoms with Crippen LogP contribution >= 0.6 is 0 Å². The van der Waals surface area contributed by atoms with Crippen molar-refractivity contribution in [2.24, 2.45) is 5.92 Å². The van der Waals surface area contributed by atoms with Gasteiger partial charge in [-0.25, -0.2) is 9.78 Å². The molecular weight excluding hydrogens is 394 g/mol. The topological polar surface area (TPSA) is 93.0 Å². The lowest BCUT2D eigenvalue weighted by atomic mass is 10.1. The summed E-state index contributed by atoms with van der Waals surface area (Å²) >= 11 is 0. The maximum Gasteiger partial charge on any atom is 0.330 e. The molecule has 0 unspecified atom stereocenters. The number of fused-ring (bicyclic) bond motifs is 1. The number of rotatable bonds is 8. The summed E-state index contributed by atoms with van der Waals surface area (Å²) < 4.78 is 3.49. The molecule has 1 aliphatic rings. The van der Waals surface area contributed by atoms with Crippen LogP contribution < -0.4 is 11.2 Å². The Hall–Kier alpha value is -2.38. The highest BCUT2D eigenvalue weighted by atomic mass is 16.2. The van der Waals surface area contributed by atoms with E-state index >= 15 is 0 Å². The molecule has 8 nitrogen and oxygen atoms in total. The molecule has 0 aliphatic carbocycles. The fraction of sp³-hybridized carbons (Fsp3) is 0.739. The first-order valence-corrected chi connectivity index (χ1v) is 11.9. The molecule has 8 heteroatoms. The number of nitrogens with one attached hydrogen (secondary N) is 1. The van der Waals surface area contributed by atoms with Crippen LogP contribution in [0.15, 0.2) is 9.59 Å². The second kappa shape index (κ2) is 10.8. The monoisotopic (exact) mass is 431 g/mol. The number of amides is 1. The van der Waals surface area contributed by atoms with Gasteiger partial charge >= 0.3 is 5.69 Å². The van der Waals surface area contributed by atoms with Crippen LogP contribution in [0.1, 0.15) is 78.0 Å². The zero-order valence-corrected chi connectivity index (χ0v) is 19.3. The Bertz CT molecular complexity index is 993. The van der Waals surface area contributed by atoms with E-state index in [0.29, 0.717) is 48.8 Å². The summed E-state index contributed by atoms with van der Waals surface area (Å²) in [6.45, 7) is 9.04. The van der Waals surface area contributed by atoms with Crippen molar-refractivity contribution in [3.05, 3.63) is 26.7 Å². The van der Waals surface area contributed by atoms with Gasteiger partial charge in [-0.3, -0.25) is 19.1 Å². The van der Waals surface area contributed by atoms with E-state index in [1.54, 1.807) is 4.57 Å². The second-order valence-corrected chi connectivity index (χ2v) is 9.12. The van der Waals surface area contributed by atoms with Crippen molar-refractivity contribution >= 4 is 17.1 Å². The molecule has 1 fully saturated rings. The molecule has 1 amide bonds. The van der Waals surface area contributed by atoms with Crippen LogP contribution in [-0.2, 0) is 24.3 Å². The molecule has 0 bridgehead atoms. The number of aromatic nitrogens is 4. The van der Waals surface area contributed by atoms with Gasteiger partial charge in [0, 0.05) is 39.0 Å². The van der Waals surface area contributed by atoms with E-state index in [9.17, 15) is 14.4 Å². The first kappa shape index (κ1) is 23.3. The van der Waals surface area contributed by atoms with E-state index in [4.69, 9.17) is 4.98 Å². The van der Waals surface area contributed by atoms with Crippen LogP contribution in [-0.4, -0.2) is 43.0 Å². The summed E-state index contributed by atoms with van der Waals surface area (Å²) in [4.78, 5) is 47.2. The molecule has 1 N–H and O–H groups in total. The lowest BCUT2D eigenvalue weighted by Gasteiger charge is -2.24. The number of aromatic amines is 1. The number of aryl methyl sites for hydroxylation is 2. The highest BCUT2D eigenvalue weighted by molar-refractivity contribution is 5.77. The third kappa shape index (κ3) is 5.66. The molecule has 172 valence electrons. The molecule has 3 rings (SSSR count). The molecule has 0 radical (unpaired) electrons. The zero-order chi connectivity index (χ0) is 22.4. The Labute approximate surface area is 183 Å². The van der Waals surface area contributed by atoms with Gasteiger partial charge in [0.15, 0.2) is 11.2 Å². The Morgan fingerprint density at radius 1 is 1.06 bits per heavy atom. The lowest BCUT2D eigenvalue weighted by Crippen LogP contribution is -2.34. The second-order valence-electron chi connectivity index (χ2n) is 9.12. The number of carbonyl (C=O) groups excluding carboxylic acids is 1. The molecule has 0 spiro atoms. The highest BCUT2D eigenvalue weighted by Gasteiger charge is 2.21. The number of H-pyrrole nitrogens is 1. The van der Waals surface area contributed by atoms with Gasteiger partial charge in [-0.1, -0.05) is 46.5 Å². The summed E-state index contributed by atoms with van der Waals surface area (Å²) in [5.41, 5.74) is 0.0697. The quantitative estimate of drug-likeness (QED) is 0.695. The third-order valence-corrected chi connectivity index (χ3v) is 6.02. The number of imidazole rings is 1. The predicted octanol–water partition coefficient (Wildman–Crippen LogP) is 3.07. The van der Waals surface area contributed by atoms with Crippen molar-refractivity contribution in [1.29, 1.82) is 0 Å². The fourth-order valence-electron chi connectivity index (χ4n) is 4.37. The molecule has 0 atom stereocenters.